The fourth-order valence-corrected chi connectivity index (χ4v) is 2.73. The summed E-state index contributed by atoms with van der Waals surface area (Å²) >= 11 is 0. The first-order chi connectivity index (χ1) is 8.81. The number of rotatable bonds is 3. The zero-order valence-electron chi connectivity index (χ0n) is 11.1. The highest BCUT2D eigenvalue weighted by Gasteiger charge is 2.20. The SMILES string of the molecule is Cl.O=C(CC1CCC1)Nc1ccc2c(c1)CNCC2. The number of fused-ring (bicyclic) bond motifs is 1. The Balaban J connectivity index is 0.00000133. The summed E-state index contributed by atoms with van der Waals surface area (Å²) in [6.45, 7) is 1.97. The maximum atomic E-state index is 11.9. The Morgan fingerprint density at radius 1 is 1.32 bits per heavy atom. The number of halogens is 1. The van der Waals surface area contributed by atoms with Gasteiger partial charge in [0.2, 0.25) is 5.91 Å². The van der Waals surface area contributed by atoms with Gasteiger partial charge in [0.05, 0.1) is 0 Å². The van der Waals surface area contributed by atoms with Crippen LogP contribution in [-0.4, -0.2) is 12.5 Å². The highest BCUT2D eigenvalue weighted by Crippen LogP contribution is 2.29. The van der Waals surface area contributed by atoms with Gasteiger partial charge in [0.1, 0.15) is 0 Å². The molecule has 1 heterocycles. The zero-order chi connectivity index (χ0) is 12.4. The molecule has 2 aliphatic rings. The van der Waals surface area contributed by atoms with E-state index in [2.05, 4.69) is 22.8 Å². The quantitative estimate of drug-likeness (QED) is 0.894. The second-order valence-corrected chi connectivity index (χ2v) is 5.46. The van der Waals surface area contributed by atoms with E-state index in [0.717, 1.165) is 25.2 Å². The van der Waals surface area contributed by atoms with Crippen LogP contribution in [-0.2, 0) is 17.8 Å². The lowest BCUT2D eigenvalue weighted by atomic mass is 9.83. The highest BCUT2D eigenvalue weighted by atomic mass is 35.5. The Bertz CT molecular complexity index is 457. The van der Waals surface area contributed by atoms with E-state index in [-0.39, 0.29) is 18.3 Å². The minimum absolute atomic E-state index is 0. The first-order valence-electron chi connectivity index (χ1n) is 6.93. The van der Waals surface area contributed by atoms with Gasteiger partial charge in [0.25, 0.3) is 0 Å². The van der Waals surface area contributed by atoms with E-state index in [1.807, 2.05) is 6.07 Å². The molecular weight excluding hydrogens is 260 g/mol. The summed E-state index contributed by atoms with van der Waals surface area (Å²) in [5.41, 5.74) is 3.68. The Labute approximate surface area is 120 Å². The normalized spacial score (nSPS) is 17.9. The molecule has 1 aliphatic carbocycles. The van der Waals surface area contributed by atoms with E-state index in [4.69, 9.17) is 0 Å². The molecule has 0 bridgehead atoms. The molecule has 3 nitrogen and oxygen atoms in total. The number of carbonyl (C=O) groups is 1. The van der Waals surface area contributed by atoms with Gasteiger partial charge in [-0.1, -0.05) is 12.5 Å². The van der Waals surface area contributed by atoms with Crippen LogP contribution in [0.25, 0.3) is 0 Å². The predicted molar refractivity (Wildman–Crippen MR) is 79.7 cm³/mol. The number of anilines is 1. The maximum Gasteiger partial charge on any atom is 0.224 e. The number of amides is 1. The minimum atomic E-state index is 0. The Hall–Kier alpha value is -1.06. The fourth-order valence-electron chi connectivity index (χ4n) is 2.73. The van der Waals surface area contributed by atoms with E-state index >= 15 is 0 Å². The first kappa shape index (κ1) is 14.4. The molecule has 104 valence electrons. The molecule has 0 unspecified atom stereocenters. The molecule has 19 heavy (non-hydrogen) atoms. The number of hydrogen-bond acceptors (Lipinski definition) is 2. The highest BCUT2D eigenvalue weighted by molar-refractivity contribution is 5.91. The summed E-state index contributed by atoms with van der Waals surface area (Å²) in [6.07, 6.45) is 5.52. The predicted octanol–water partition coefficient (Wildman–Crippen LogP) is 2.88. The van der Waals surface area contributed by atoms with Gasteiger partial charge >= 0.3 is 0 Å². The molecule has 0 atom stereocenters. The monoisotopic (exact) mass is 280 g/mol. The lowest BCUT2D eigenvalue weighted by Crippen LogP contribution is -2.24. The van der Waals surface area contributed by atoms with Crippen LogP contribution in [0.4, 0.5) is 5.69 Å². The van der Waals surface area contributed by atoms with E-state index in [1.54, 1.807) is 0 Å². The van der Waals surface area contributed by atoms with Crippen molar-refractivity contribution in [3.05, 3.63) is 29.3 Å². The molecule has 0 saturated heterocycles. The molecule has 1 fully saturated rings. The molecule has 4 heteroatoms. The van der Waals surface area contributed by atoms with Crippen molar-refractivity contribution < 1.29 is 4.79 Å². The first-order valence-corrected chi connectivity index (χ1v) is 6.93. The molecule has 1 aromatic rings. The van der Waals surface area contributed by atoms with Gasteiger partial charge in [0, 0.05) is 18.7 Å². The van der Waals surface area contributed by atoms with Gasteiger partial charge in [-0.15, -0.1) is 12.4 Å². The summed E-state index contributed by atoms with van der Waals surface area (Å²) in [5.74, 6) is 0.799. The molecule has 3 rings (SSSR count). The van der Waals surface area contributed by atoms with Crippen molar-refractivity contribution in [1.29, 1.82) is 0 Å². The van der Waals surface area contributed by atoms with Gasteiger partial charge in [-0.25, -0.2) is 0 Å². The minimum Gasteiger partial charge on any atom is -0.326 e. The summed E-state index contributed by atoms with van der Waals surface area (Å²) in [6, 6.07) is 6.29. The summed E-state index contributed by atoms with van der Waals surface area (Å²) in [5, 5.41) is 6.38. The molecule has 1 amide bonds. The van der Waals surface area contributed by atoms with E-state index < -0.39 is 0 Å². The third kappa shape index (κ3) is 3.48. The smallest absolute Gasteiger partial charge is 0.224 e. The van der Waals surface area contributed by atoms with Crippen molar-refractivity contribution in [2.75, 3.05) is 11.9 Å². The maximum absolute atomic E-state index is 11.9. The van der Waals surface area contributed by atoms with Gasteiger partial charge in [-0.3, -0.25) is 4.79 Å². The second kappa shape index (κ2) is 6.40. The van der Waals surface area contributed by atoms with Crippen LogP contribution < -0.4 is 10.6 Å². The van der Waals surface area contributed by atoms with Crippen molar-refractivity contribution in [2.45, 2.75) is 38.6 Å². The lowest BCUT2D eigenvalue weighted by molar-refractivity contribution is -0.117. The summed E-state index contributed by atoms with van der Waals surface area (Å²) in [7, 11) is 0. The Kier molecular flexibility index (Phi) is 4.83. The third-order valence-electron chi connectivity index (χ3n) is 4.08. The lowest BCUT2D eigenvalue weighted by Gasteiger charge is -2.24. The molecule has 0 radical (unpaired) electrons. The van der Waals surface area contributed by atoms with Gasteiger partial charge < -0.3 is 10.6 Å². The van der Waals surface area contributed by atoms with Crippen LogP contribution in [0.3, 0.4) is 0 Å². The molecule has 1 aromatic carbocycles. The average Bonchev–Trinajstić information content (AvgIpc) is 2.34. The molecule has 0 spiro atoms. The van der Waals surface area contributed by atoms with Gasteiger partial charge in [0.15, 0.2) is 0 Å². The average molecular weight is 281 g/mol. The van der Waals surface area contributed by atoms with E-state index in [1.165, 1.54) is 30.4 Å². The van der Waals surface area contributed by atoms with Crippen molar-refractivity contribution in [3.63, 3.8) is 0 Å². The Morgan fingerprint density at radius 3 is 2.89 bits per heavy atom. The number of carbonyl (C=O) groups excluding carboxylic acids is 1. The fraction of sp³-hybridized carbons (Fsp3) is 0.533. The van der Waals surface area contributed by atoms with Crippen molar-refractivity contribution in [3.8, 4) is 0 Å². The number of hydrogen-bond donors (Lipinski definition) is 2. The van der Waals surface area contributed by atoms with Crippen LogP contribution in [0, 0.1) is 5.92 Å². The standard InChI is InChI=1S/C15H20N2O.ClH/c18-15(8-11-2-1-3-11)17-14-5-4-12-6-7-16-10-13(12)9-14;/h4-5,9,11,16H,1-3,6-8,10H2,(H,17,18);1H. The molecule has 2 N–H and O–H groups in total. The van der Waals surface area contributed by atoms with Gasteiger partial charge in [-0.2, -0.15) is 0 Å². The molecule has 1 saturated carbocycles. The van der Waals surface area contributed by atoms with Crippen LogP contribution in [0.2, 0.25) is 0 Å². The topological polar surface area (TPSA) is 41.1 Å². The second-order valence-electron chi connectivity index (χ2n) is 5.46. The summed E-state index contributed by atoms with van der Waals surface area (Å²) < 4.78 is 0. The Morgan fingerprint density at radius 2 is 2.16 bits per heavy atom. The largest absolute Gasteiger partial charge is 0.326 e. The van der Waals surface area contributed by atoms with Gasteiger partial charge in [-0.05, 0) is 55.0 Å². The van der Waals surface area contributed by atoms with E-state index in [0.29, 0.717) is 12.3 Å². The molecule has 0 aromatic heterocycles. The van der Waals surface area contributed by atoms with Crippen LogP contribution in [0.1, 0.15) is 36.8 Å². The molecular formula is C15H21ClN2O. The van der Waals surface area contributed by atoms with E-state index in [9.17, 15) is 4.79 Å². The third-order valence-corrected chi connectivity index (χ3v) is 4.08. The van der Waals surface area contributed by atoms with Crippen LogP contribution >= 0.6 is 12.4 Å². The number of nitrogens with one attached hydrogen (secondary N) is 2. The van der Waals surface area contributed by atoms with Crippen molar-refractivity contribution >= 4 is 24.0 Å². The zero-order valence-corrected chi connectivity index (χ0v) is 11.9. The van der Waals surface area contributed by atoms with Crippen LogP contribution in [0.15, 0.2) is 18.2 Å². The molecule has 1 aliphatic heterocycles. The van der Waals surface area contributed by atoms with Crippen molar-refractivity contribution in [2.24, 2.45) is 5.92 Å². The van der Waals surface area contributed by atoms with Crippen LogP contribution in [0.5, 0.6) is 0 Å². The van der Waals surface area contributed by atoms with Crippen molar-refractivity contribution in [1.82, 2.24) is 5.32 Å². The number of benzene rings is 1. The summed E-state index contributed by atoms with van der Waals surface area (Å²) in [4.78, 5) is 11.9.